The summed E-state index contributed by atoms with van der Waals surface area (Å²) in [5, 5.41) is 10.8. The lowest BCUT2D eigenvalue weighted by atomic mass is 10.1. The molecule has 0 aliphatic carbocycles. The van der Waals surface area contributed by atoms with Gasteiger partial charge in [-0.2, -0.15) is 0 Å². The molecule has 0 bridgehead atoms. The molecule has 0 aromatic heterocycles. The molecule has 18 heavy (non-hydrogen) atoms. The van der Waals surface area contributed by atoms with Crippen molar-refractivity contribution in [1.82, 2.24) is 0 Å². The zero-order valence-corrected chi connectivity index (χ0v) is 9.50. The average molecular weight is 245 g/mol. The van der Waals surface area contributed by atoms with E-state index in [-0.39, 0.29) is 29.6 Å². The van der Waals surface area contributed by atoms with Crippen molar-refractivity contribution in [1.29, 1.82) is 0 Å². The van der Waals surface area contributed by atoms with Crippen LogP contribution in [0, 0.1) is 28.4 Å². The fourth-order valence-corrected chi connectivity index (χ4v) is 1.99. The lowest BCUT2D eigenvalue weighted by Gasteiger charge is -2.17. The van der Waals surface area contributed by atoms with Gasteiger partial charge in [-0.25, -0.2) is 0 Å². The van der Waals surface area contributed by atoms with Crippen LogP contribution in [0.2, 0.25) is 0 Å². The third kappa shape index (κ3) is 1.86. The third-order valence-corrected chi connectivity index (χ3v) is 2.91. The Bertz CT molecular complexity index is 562. The van der Waals surface area contributed by atoms with Crippen molar-refractivity contribution < 1.29 is 9.72 Å². The van der Waals surface area contributed by atoms with E-state index in [0.717, 1.165) is 0 Å². The highest BCUT2D eigenvalue weighted by molar-refractivity contribution is 6.00. The molecule has 92 valence electrons. The molecule has 0 radical (unpaired) electrons. The van der Waals surface area contributed by atoms with Gasteiger partial charge in [0.15, 0.2) is 0 Å². The molecule has 1 aliphatic rings. The van der Waals surface area contributed by atoms with Crippen LogP contribution in [-0.2, 0) is 4.79 Å². The van der Waals surface area contributed by atoms with Crippen LogP contribution < -0.4 is 10.6 Å². The van der Waals surface area contributed by atoms with Crippen molar-refractivity contribution in [2.45, 2.75) is 6.42 Å². The van der Waals surface area contributed by atoms with E-state index in [1.54, 1.807) is 6.07 Å². The highest BCUT2D eigenvalue weighted by Gasteiger charge is 2.31. The molecular formula is C12H11N3O3. The molecule has 1 unspecified atom stereocenters. The van der Waals surface area contributed by atoms with Crippen molar-refractivity contribution in [2.75, 3.05) is 17.2 Å². The van der Waals surface area contributed by atoms with Crippen LogP contribution in [0.3, 0.4) is 0 Å². The van der Waals surface area contributed by atoms with Crippen LogP contribution in [0.4, 0.5) is 17.1 Å². The van der Waals surface area contributed by atoms with Crippen molar-refractivity contribution in [3.05, 3.63) is 28.3 Å². The summed E-state index contributed by atoms with van der Waals surface area (Å²) in [6.07, 6.45) is 5.53. The smallest absolute Gasteiger partial charge is 0.294 e. The maximum Gasteiger partial charge on any atom is 0.294 e. The molecule has 1 saturated heterocycles. The lowest BCUT2D eigenvalue weighted by molar-refractivity contribution is -0.383. The molecule has 0 saturated carbocycles. The second kappa shape index (κ2) is 4.37. The van der Waals surface area contributed by atoms with Gasteiger partial charge in [-0.1, -0.05) is 6.07 Å². The Morgan fingerprint density at radius 3 is 2.83 bits per heavy atom. The van der Waals surface area contributed by atoms with Gasteiger partial charge in [0.1, 0.15) is 5.69 Å². The van der Waals surface area contributed by atoms with Crippen LogP contribution in [0.25, 0.3) is 0 Å². The molecule has 2 rings (SSSR count). The van der Waals surface area contributed by atoms with Gasteiger partial charge in [-0.05, 0) is 6.07 Å². The van der Waals surface area contributed by atoms with Crippen LogP contribution in [0.1, 0.15) is 6.42 Å². The number of carbonyl (C=O) groups excluding carboxylic acids is 1. The van der Waals surface area contributed by atoms with Gasteiger partial charge < -0.3 is 10.6 Å². The van der Waals surface area contributed by atoms with Gasteiger partial charge >= 0.3 is 0 Å². The van der Waals surface area contributed by atoms with E-state index >= 15 is 0 Å². The molecule has 0 spiro atoms. The van der Waals surface area contributed by atoms with Crippen molar-refractivity contribution in [3.63, 3.8) is 0 Å². The van der Waals surface area contributed by atoms with Crippen LogP contribution in [0.5, 0.6) is 0 Å². The molecule has 1 atom stereocenters. The molecule has 1 aromatic carbocycles. The minimum absolute atomic E-state index is 0.00600. The number of nitrogen functional groups attached to an aromatic ring is 1. The predicted octanol–water partition coefficient (Wildman–Crippen LogP) is 1.16. The summed E-state index contributed by atoms with van der Waals surface area (Å²) in [7, 11) is 0. The maximum atomic E-state index is 11.8. The molecular weight excluding hydrogens is 234 g/mol. The Labute approximate surface area is 104 Å². The first-order valence-electron chi connectivity index (χ1n) is 5.34. The van der Waals surface area contributed by atoms with Crippen molar-refractivity contribution in [3.8, 4) is 12.3 Å². The number of rotatable bonds is 2. The first-order valence-corrected chi connectivity index (χ1v) is 5.34. The summed E-state index contributed by atoms with van der Waals surface area (Å²) >= 11 is 0. The zero-order chi connectivity index (χ0) is 13.3. The number of nitro groups is 1. The monoisotopic (exact) mass is 245 g/mol. The second-order valence-electron chi connectivity index (χ2n) is 4.04. The third-order valence-electron chi connectivity index (χ3n) is 2.91. The van der Waals surface area contributed by atoms with Gasteiger partial charge in [-0.15, -0.1) is 12.3 Å². The molecule has 6 nitrogen and oxygen atoms in total. The molecule has 1 amide bonds. The molecule has 1 heterocycles. The molecule has 2 N–H and O–H groups in total. The summed E-state index contributed by atoms with van der Waals surface area (Å²) in [4.78, 5) is 23.4. The molecule has 1 aromatic rings. The second-order valence-corrected chi connectivity index (χ2v) is 4.04. The Morgan fingerprint density at radius 2 is 2.28 bits per heavy atom. The Morgan fingerprint density at radius 1 is 1.56 bits per heavy atom. The summed E-state index contributed by atoms with van der Waals surface area (Å²) < 4.78 is 0. The minimum Gasteiger partial charge on any atom is -0.391 e. The average Bonchev–Trinajstić information content (AvgIpc) is 2.70. The van der Waals surface area contributed by atoms with Crippen molar-refractivity contribution >= 4 is 23.0 Å². The van der Waals surface area contributed by atoms with Crippen LogP contribution >= 0.6 is 0 Å². The fourth-order valence-electron chi connectivity index (χ4n) is 1.99. The highest BCUT2D eigenvalue weighted by Crippen LogP contribution is 2.35. The summed E-state index contributed by atoms with van der Waals surface area (Å²) in [6.45, 7) is 0.348. The summed E-state index contributed by atoms with van der Waals surface area (Å²) in [5.41, 5.74) is 5.87. The van der Waals surface area contributed by atoms with E-state index in [2.05, 4.69) is 5.92 Å². The predicted molar refractivity (Wildman–Crippen MR) is 66.8 cm³/mol. The fraction of sp³-hybridized carbons (Fsp3) is 0.250. The van der Waals surface area contributed by atoms with E-state index in [1.807, 2.05) is 0 Å². The first kappa shape index (κ1) is 11.9. The van der Waals surface area contributed by atoms with E-state index in [4.69, 9.17) is 12.2 Å². The van der Waals surface area contributed by atoms with Crippen LogP contribution in [0.15, 0.2) is 18.2 Å². The standard InChI is InChI=1S/C12H11N3O3/c1-2-8-6-11(16)14(7-8)9-4-3-5-10(12(9)13)15(17)18/h1,3-5,8H,6-7,13H2. The number of carbonyl (C=O) groups is 1. The number of benzene rings is 1. The van der Waals surface area contributed by atoms with Gasteiger partial charge in [0, 0.05) is 24.9 Å². The Hall–Kier alpha value is -2.55. The van der Waals surface area contributed by atoms with Gasteiger partial charge in [0.2, 0.25) is 5.91 Å². The van der Waals surface area contributed by atoms with Gasteiger partial charge in [0.25, 0.3) is 5.69 Å². The first-order chi connectivity index (χ1) is 8.54. The number of para-hydroxylation sites is 1. The van der Waals surface area contributed by atoms with Gasteiger partial charge in [-0.3, -0.25) is 14.9 Å². The minimum atomic E-state index is -0.571. The number of anilines is 2. The van der Waals surface area contributed by atoms with E-state index in [9.17, 15) is 14.9 Å². The molecule has 6 heteroatoms. The lowest BCUT2D eigenvalue weighted by Crippen LogP contribution is -2.25. The number of terminal acetylenes is 1. The normalized spacial score (nSPS) is 18.7. The summed E-state index contributed by atoms with van der Waals surface area (Å²) in [5.74, 6) is 2.18. The number of nitro benzene ring substituents is 1. The highest BCUT2D eigenvalue weighted by atomic mass is 16.6. The number of hydrogen-bond acceptors (Lipinski definition) is 4. The maximum absolute atomic E-state index is 11.8. The number of nitrogens with two attached hydrogens (primary N) is 1. The van der Waals surface area contributed by atoms with E-state index < -0.39 is 4.92 Å². The Balaban J connectivity index is 2.41. The number of hydrogen-bond donors (Lipinski definition) is 1. The summed E-state index contributed by atoms with van der Waals surface area (Å²) in [6, 6.07) is 4.39. The quantitative estimate of drug-likeness (QED) is 0.366. The number of nitrogens with zero attached hydrogens (tertiary/aromatic N) is 2. The van der Waals surface area contributed by atoms with E-state index in [1.165, 1.54) is 17.0 Å². The van der Waals surface area contributed by atoms with Crippen molar-refractivity contribution in [2.24, 2.45) is 5.92 Å². The van der Waals surface area contributed by atoms with E-state index in [0.29, 0.717) is 12.2 Å². The number of amides is 1. The molecule has 1 aliphatic heterocycles. The van der Waals surface area contributed by atoms with Gasteiger partial charge in [0.05, 0.1) is 10.6 Å². The SMILES string of the molecule is C#CC1CC(=O)N(c2cccc([N+](=O)[O-])c2N)C1. The molecule has 1 fully saturated rings. The van der Waals surface area contributed by atoms with Crippen LogP contribution in [-0.4, -0.2) is 17.4 Å². The Kier molecular flexibility index (Phi) is 2.90. The zero-order valence-electron chi connectivity index (χ0n) is 9.50. The largest absolute Gasteiger partial charge is 0.391 e. The topological polar surface area (TPSA) is 89.5 Å².